The fourth-order valence-corrected chi connectivity index (χ4v) is 3.03. The SMILES string of the molecule is O=C1CC(c2ccc(OC(=O)C(F)(F)F)c(OC(=O)C(F)(F)F)c2)Oc2cc(OC(=O)C(F)(F)F)cc(O)c21. The second kappa shape index (κ2) is 9.99. The molecule has 0 aliphatic carbocycles. The summed E-state index contributed by atoms with van der Waals surface area (Å²) in [5, 5.41) is 10.0. The maximum absolute atomic E-state index is 12.7. The molecule has 1 aliphatic rings. The van der Waals surface area contributed by atoms with E-state index in [1.165, 1.54) is 0 Å². The molecule has 0 aromatic heterocycles. The topological polar surface area (TPSA) is 125 Å². The smallest absolute Gasteiger partial charge is 0.491 e. The fraction of sp³-hybridized carbons (Fsp3) is 0.238. The van der Waals surface area contributed by atoms with E-state index in [1.54, 1.807) is 0 Å². The number of halogens is 9. The molecule has 18 heteroatoms. The van der Waals surface area contributed by atoms with Crippen LogP contribution < -0.4 is 18.9 Å². The number of rotatable bonds is 4. The summed E-state index contributed by atoms with van der Waals surface area (Å²) in [7, 11) is 0. The molecule has 1 aliphatic heterocycles. The van der Waals surface area contributed by atoms with Crippen molar-refractivity contribution in [3.05, 3.63) is 41.5 Å². The van der Waals surface area contributed by atoms with Gasteiger partial charge in [-0.1, -0.05) is 6.07 Å². The average Bonchev–Trinajstić information content (AvgIpc) is 2.77. The lowest BCUT2D eigenvalue weighted by molar-refractivity contribution is -0.191. The van der Waals surface area contributed by atoms with Gasteiger partial charge in [0.05, 0.1) is 6.42 Å². The van der Waals surface area contributed by atoms with E-state index in [-0.39, 0.29) is 5.56 Å². The quantitative estimate of drug-likeness (QED) is 0.318. The third-order valence-electron chi connectivity index (χ3n) is 4.62. The maximum atomic E-state index is 12.7. The number of phenols is 1. The molecule has 1 N–H and O–H groups in total. The van der Waals surface area contributed by atoms with Crippen LogP contribution in [0.2, 0.25) is 0 Å². The number of aromatic hydroxyl groups is 1. The summed E-state index contributed by atoms with van der Waals surface area (Å²) in [6.07, 6.45) is -18.9. The minimum atomic E-state index is -5.64. The van der Waals surface area contributed by atoms with Crippen LogP contribution in [-0.4, -0.2) is 47.3 Å². The summed E-state index contributed by atoms with van der Waals surface area (Å²) >= 11 is 0. The lowest BCUT2D eigenvalue weighted by Gasteiger charge is -2.27. The number of ether oxygens (including phenoxy) is 4. The van der Waals surface area contributed by atoms with Gasteiger partial charge in [0.1, 0.15) is 28.9 Å². The summed E-state index contributed by atoms with van der Waals surface area (Å²) in [6, 6.07) is 2.87. The minimum Gasteiger partial charge on any atom is -0.507 e. The van der Waals surface area contributed by atoms with Gasteiger partial charge in [-0.05, 0) is 17.7 Å². The van der Waals surface area contributed by atoms with Crippen molar-refractivity contribution in [1.82, 2.24) is 0 Å². The number of phenolic OH excluding ortho intramolecular Hbond substituents is 1. The van der Waals surface area contributed by atoms with Crippen LogP contribution >= 0.6 is 0 Å². The summed E-state index contributed by atoms with van der Waals surface area (Å²) in [5.74, 6) is -14.6. The molecule has 0 radical (unpaired) electrons. The summed E-state index contributed by atoms with van der Waals surface area (Å²) in [4.78, 5) is 46.0. The van der Waals surface area contributed by atoms with E-state index in [1.807, 2.05) is 0 Å². The minimum absolute atomic E-state index is 0.358. The molecule has 0 saturated heterocycles. The first-order chi connectivity index (χ1) is 17.8. The Morgan fingerprint density at radius 2 is 1.28 bits per heavy atom. The van der Waals surface area contributed by atoms with E-state index in [9.17, 15) is 63.8 Å². The van der Waals surface area contributed by atoms with Gasteiger partial charge in [-0.3, -0.25) is 4.79 Å². The van der Waals surface area contributed by atoms with Gasteiger partial charge in [0.25, 0.3) is 0 Å². The molecule has 9 nitrogen and oxygen atoms in total. The Bertz CT molecular complexity index is 1340. The monoisotopic (exact) mass is 576 g/mol. The van der Waals surface area contributed by atoms with E-state index in [4.69, 9.17) is 4.74 Å². The Balaban J connectivity index is 1.99. The molecule has 1 unspecified atom stereocenters. The third-order valence-corrected chi connectivity index (χ3v) is 4.62. The molecule has 0 amide bonds. The Kier molecular flexibility index (Phi) is 7.44. The predicted octanol–water partition coefficient (Wildman–Crippen LogP) is 4.50. The van der Waals surface area contributed by atoms with Gasteiger partial charge in [-0.25, -0.2) is 14.4 Å². The van der Waals surface area contributed by atoms with Crippen molar-refractivity contribution in [2.75, 3.05) is 0 Å². The number of Topliss-reactive ketones (excluding diaryl/α,β-unsaturated/α-hetero) is 1. The molecule has 3 rings (SSSR count). The molecule has 39 heavy (non-hydrogen) atoms. The highest BCUT2D eigenvalue weighted by Gasteiger charge is 2.45. The first-order valence-electron chi connectivity index (χ1n) is 9.85. The van der Waals surface area contributed by atoms with Gasteiger partial charge >= 0.3 is 36.4 Å². The molecule has 1 atom stereocenters. The second-order valence-electron chi connectivity index (χ2n) is 7.42. The van der Waals surface area contributed by atoms with Crippen molar-refractivity contribution in [3.63, 3.8) is 0 Å². The Morgan fingerprint density at radius 3 is 1.82 bits per heavy atom. The number of fused-ring (bicyclic) bond motifs is 1. The molecule has 210 valence electrons. The highest BCUT2D eigenvalue weighted by molar-refractivity contribution is 6.03. The van der Waals surface area contributed by atoms with Gasteiger partial charge in [-0.2, -0.15) is 39.5 Å². The number of carbonyl (C=O) groups excluding carboxylic acids is 4. The van der Waals surface area contributed by atoms with Gasteiger partial charge in [-0.15, -0.1) is 0 Å². The molecule has 1 heterocycles. The normalized spacial score (nSPS) is 15.6. The standard InChI is InChI=1S/C21H9F9O9/c22-19(23,24)16(33)36-8-4-9(31)15-10(32)6-12(37-14(15)5-8)7-1-2-11(38-17(34)20(25,26)27)13(3-7)39-18(35)21(28,29)30/h1-5,12,31H,6H2. The van der Waals surface area contributed by atoms with Crippen LogP contribution in [0.4, 0.5) is 39.5 Å². The van der Waals surface area contributed by atoms with Crippen LogP contribution in [0.5, 0.6) is 28.7 Å². The van der Waals surface area contributed by atoms with Crippen LogP contribution in [0.25, 0.3) is 0 Å². The number of hydrogen-bond acceptors (Lipinski definition) is 9. The van der Waals surface area contributed by atoms with Crippen LogP contribution in [0, 0.1) is 0 Å². The van der Waals surface area contributed by atoms with E-state index in [2.05, 4.69) is 14.2 Å². The highest BCUT2D eigenvalue weighted by Crippen LogP contribution is 2.44. The Morgan fingerprint density at radius 1 is 0.769 bits per heavy atom. The maximum Gasteiger partial charge on any atom is 0.491 e. The zero-order chi connectivity index (χ0) is 29.5. The molecule has 0 fully saturated rings. The van der Waals surface area contributed by atoms with Crippen LogP contribution in [0.15, 0.2) is 30.3 Å². The van der Waals surface area contributed by atoms with E-state index in [0.29, 0.717) is 24.3 Å². The van der Waals surface area contributed by atoms with Gasteiger partial charge in [0, 0.05) is 12.1 Å². The summed E-state index contributed by atoms with van der Waals surface area (Å²) in [6.45, 7) is 0. The lowest BCUT2D eigenvalue weighted by Crippen LogP contribution is -2.30. The second-order valence-corrected chi connectivity index (χ2v) is 7.42. The number of carbonyl (C=O) groups is 4. The largest absolute Gasteiger partial charge is 0.507 e. The third kappa shape index (κ3) is 6.68. The number of hydrogen-bond donors (Lipinski definition) is 1. The number of alkyl halides is 9. The molecular formula is C21H9F9O9. The molecule has 0 spiro atoms. The van der Waals surface area contributed by atoms with Crippen molar-refractivity contribution >= 4 is 23.7 Å². The van der Waals surface area contributed by atoms with E-state index >= 15 is 0 Å². The summed E-state index contributed by atoms with van der Waals surface area (Å²) in [5.41, 5.74) is -0.930. The first-order valence-corrected chi connectivity index (χ1v) is 9.85. The Labute approximate surface area is 208 Å². The number of benzene rings is 2. The zero-order valence-electron chi connectivity index (χ0n) is 18.3. The van der Waals surface area contributed by atoms with Crippen molar-refractivity contribution in [1.29, 1.82) is 0 Å². The zero-order valence-corrected chi connectivity index (χ0v) is 18.3. The Hall–Kier alpha value is -4.51. The van der Waals surface area contributed by atoms with Crippen molar-refractivity contribution in [2.45, 2.75) is 31.1 Å². The van der Waals surface area contributed by atoms with Crippen molar-refractivity contribution in [2.24, 2.45) is 0 Å². The fourth-order valence-electron chi connectivity index (χ4n) is 3.03. The molecular weight excluding hydrogens is 567 g/mol. The first kappa shape index (κ1) is 29.1. The number of ketones is 1. The van der Waals surface area contributed by atoms with Crippen LogP contribution in [-0.2, 0) is 14.4 Å². The number of esters is 3. The van der Waals surface area contributed by atoms with Crippen molar-refractivity contribution in [3.8, 4) is 28.7 Å². The van der Waals surface area contributed by atoms with Gasteiger partial charge in [0.15, 0.2) is 17.3 Å². The van der Waals surface area contributed by atoms with Crippen LogP contribution in [0.1, 0.15) is 28.4 Å². The molecule has 2 aromatic carbocycles. The average molecular weight is 576 g/mol. The van der Waals surface area contributed by atoms with Crippen LogP contribution in [0.3, 0.4) is 0 Å². The van der Waals surface area contributed by atoms with Gasteiger partial charge < -0.3 is 24.1 Å². The van der Waals surface area contributed by atoms with E-state index < -0.39 is 89.1 Å². The molecule has 2 aromatic rings. The highest BCUT2D eigenvalue weighted by atomic mass is 19.4. The lowest BCUT2D eigenvalue weighted by atomic mass is 9.95. The molecule has 0 saturated carbocycles. The predicted molar refractivity (Wildman–Crippen MR) is 102 cm³/mol. The van der Waals surface area contributed by atoms with E-state index in [0.717, 1.165) is 6.07 Å². The van der Waals surface area contributed by atoms with Gasteiger partial charge in [0.2, 0.25) is 0 Å². The van der Waals surface area contributed by atoms with Crippen molar-refractivity contribution < 1.29 is 82.7 Å². The summed E-state index contributed by atoms with van der Waals surface area (Å²) < 4.78 is 130. The molecule has 0 bridgehead atoms.